The van der Waals surface area contributed by atoms with Gasteiger partial charge in [-0.1, -0.05) is 0 Å². The fraction of sp³-hybridized carbons (Fsp3) is 0.833. The van der Waals surface area contributed by atoms with Crippen molar-refractivity contribution in [2.24, 2.45) is 5.92 Å². The zero-order valence-corrected chi connectivity index (χ0v) is 5.24. The number of Topliss-reactive ketones (excluding diaryl/α,β-unsaturated/α-hetero) is 1. The molecular formula is C6H7F3O. The molecule has 1 saturated carbocycles. The first kappa shape index (κ1) is 7.57. The molecule has 1 nitrogen and oxygen atoms in total. The van der Waals surface area contributed by atoms with Crippen LogP contribution in [0.2, 0.25) is 0 Å². The summed E-state index contributed by atoms with van der Waals surface area (Å²) in [7, 11) is 0. The molecule has 1 atom stereocenters. The van der Waals surface area contributed by atoms with Crippen LogP contribution in [0, 0.1) is 5.92 Å². The number of carbonyl (C=O) groups is 1. The van der Waals surface area contributed by atoms with Crippen molar-refractivity contribution in [1.82, 2.24) is 0 Å². The third kappa shape index (κ3) is 1.49. The maximum atomic E-state index is 11.8. The van der Waals surface area contributed by atoms with Crippen molar-refractivity contribution < 1.29 is 18.0 Å². The summed E-state index contributed by atoms with van der Waals surface area (Å²) in [5.74, 6) is -1.62. The molecule has 0 saturated heterocycles. The van der Waals surface area contributed by atoms with Crippen LogP contribution in [0.25, 0.3) is 0 Å². The van der Waals surface area contributed by atoms with Crippen LogP contribution in [0.3, 0.4) is 0 Å². The summed E-state index contributed by atoms with van der Waals surface area (Å²) in [5.41, 5.74) is 0. The highest BCUT2D eigenvalue weighted by Gasteiger charge is 2.43. The number of carbonyl (C=O) groups excluding carboxylic acids is 1. The second-order valence-electron chi connectivity index (χ2n) is 2.52. The zero-order valence-electron chi connectivity index (χ0n) is 5.24. The van der Waals surface area contributed by atoms with Crippen molar-refractivity contribution in [2.45, 2.75) is 25.4 Å². The van der Waals surface area contributed by atoms with Crippen LogP contribution in [0.15, 0.2) is 0 Å². The minimum atomic E-state index is -4.16. The first-order valence-electron chi connectivity index (χ1n) is 3.08. The predicted octanol–water partition coefficient (Wildman–Crippen LogP) is 1.92. The van der Waals surface area contributed by atoms with Gasteiger partial charge in [-0.2, -0.15) is 13.2 Å². The number of hydrogen-bond acceptors (Lipinski definition) is 1. The Hall–Kier alpha value is -0.540. The molecule has 1 rings (SSSR count). The Morgan fingerprint density at radius 2 is 2.00 bits per heavy atom. The Balaban J connectivity index is 2.53. The monoisotopic (exact) mass is 152 g/mol. The molecule has 58 valence electrons. The van der Waals surface area contributed by atoms with Crippen LogP contribution < -0.4 is 0 Å². The number of hydrogen-bond donors (Lipinski definition) is 0. The van der Waals surface area contributed by atoms with Gasteiger partial charge in [-0.05, 0) is 6.42 Å². The Bertz CT molecular complexity index is 150. The number of halogens is 3. The lowest BCUT2D eigenvalue weighted by atomic mass is 10.1. The van der Waals surface area contributed by atoms with E-state index in [0.717, 1.165) is 0 Å². The Labute approximate surface area is 56.2 Å². The van der Waals surface area contributed by atoms with Crippen LogP contribution in [0.4, 0.5) is 13.2 Å². The molecule has 1 aliphatic carbocycles. The van der Waals surface area contributed by atoms with E-state index in [1.54, 1.807) is 0 Å². The van der Waals surface area contributed by atoms with Gasteiger partial charge in [0, 0.05) is 12.8 Å². The first-order valence-corrected chi connectivity index (χ1v) is 3.08. The Kier molecular flexibility index (Phi) is 1.70. The lowest BCUT2D eigenvalue weighted by Crippen LogP contribution is -2.19. The van der Waals surface area contributed by atoms with Gasteiger partial charge in [0.25, 0.3) is 0 Å². The smallest absolute Gasteiger partial charge is 0.300 e. The Morgan fingerprint density at radius 1 is 1.40 bits per heavy atom. The third-order valence-corrected chi connectivity index (χ3v) is 1.71. The first-order chi connectivity index (χ1) is 4.50. The summed E-state index contributed by atoms with van der Waals surface area (Å²) in [6.07, 6.45) is -4.37. The number of alkyl halides is 3. The maximum Gasteiger partial charge on any atom is 0.392 e. The van der Waals surface area contributed by atoms with Crippen LogP contribution in [-0.2, 0) is 4.79 Å². The summed E-state index contributed by atoms with van der Waals surface area (Å²) in [5, 5.41) is 0. The maximum absolute atomic E-state index is 11.8. The molecule has 0 N–H and O–H groups in total. The molecule has 0 unspecified atom stereocenters. The fourth-order valence-electron chi connectivity index (χ4n) is 1.09. The summed E-state index contributed by atoms with van der Waals surface area (Å²) < 4.78 is 35.3. The van der Waals surface area contributed by atoms with E-state index in [9.17, 15) is 18.0 Å². The highest BCUT2D eigenvalue weighted by atomic mass is 19.4. The molecule has 4 heteroatoms. The van der Waals surface area contributed by atoms with Crippen molar-refractivity contribution >= 4 is 5.78 Å². The largest absolute Gasteiger partial charge is 0.392 e. The third-order valence-electron chi connectivity index (χ3n) is 1.71. The van der Waals surface area contributed by atoms with Crippen molar-refractivity contribution in [3.8, 4) is 0 Å². The lowest BCUT2D eigenvalue weighted by molar-refractivity contribution is -0.173. The summed E-state index contributed by atoms with van der Waals surface area (Å²) in [6.45, 7) is 0. The van der Waals surface area contributed by atoms with Crippen molar-refractivity contribution in [2.75, 3.05) is 0 Å². The topological polar surface area (TPSA) is 17.1 Å². The van der Waals surface area contributed by atoms with Gasteiger partial charge in [0.2, 0.25) is 0 Å². The summed E-state index contributed by atoms with van der Waals surface area (Å²) in [4.78, 5) is 10.4. The van der Waals surface area contributed by atoms with E-state index in [1.807, 2.05) is 0 Å². The average Bonchev–Trinajstić information content (AvgIpc) is 2.11. The molecule has 1 fully saturated rings. The van der Waals surface area contributed by atoms with Gasteiger partial charge in [0.1, 0.15) is 5.78 Å². The van der Waals surface area contributed by atoms with Gasteiger partial charge < -0.3 is 0 Å². The highest BCUT2D eigenvalue weighted by Crippen LogP contribution is 2.36. The standard InChI is InChI=1S/C6H7F3O/c7-6(8,9)4-1-2-5(10)3-4/h4H,1-3H2/t4-/m0/s1. The molecule has 0 amide bonds. The number of rotatable bonds is 0. The molecule has 0 bridgehead atoms. The van der Waals surface area contributed by atoms with E-state index in [1.165, 1.54) is 0 Å². The van der Waals surface area contributed by atoms with E-state index in [0.29, 0.717) is 0 Å². The zero-order chi connectivity index (χ0) is 7.78. The van der Waals surface area contributed by atoms with Crippen molar-refractivity contribution in [3.05, 3.63) is 0 Å². The van der Waals surface area contributed by atoms with Crippen molar-refractivity contribution in [1.29, 1.82) is 0 Å². The Morgan fingerprint density at radius 3 is 2.20 bits per heavy atom. The van der Waals surface area contributed by atoms with E-state index in [2.05, 4.69) is 0 Å². The molecule has 10 heavy (non-hydrogen) atoms. The van der Waals surface area contributed by atoms with Crippen LogP contribution in [-0.4, -0.2) is 12.0 Å². The average molecular weight is 152 g/mol. The van der Waals surface area contributed by atoms with Gasteiger partial charge in [-0.25, -0.2) is 0 Å². The van der Waals surface area contributed by atoms with E-state index >= 15 is 0 Å². The summed E-state index contributed by atoms with van der Waals surface area (Å²) >= 11 is 0. The molecule has 0 aromatic rings. The van der Waals surface area contributed by atoms with Gasteiger partial charge in [-0.3, -0.25) is 4.79 Å². The SMILES string of the molecule is O=C1CC[C@H](C(F)(F)F)C1. The second kappa shape index (κ2) is 2.25. The van der Waals surface area contributed by atoms with Gasteiger partial charge in [0.05, 0.1) is 5.92 Å². The molecule has 0 aromatic heterocycles. The van der Waals surface area contributed by atoms with Crippen LogP contribution >= 0.6 is 0 Å². The second-order valence-corrected chi connectivity index (χ2v) is 2.52. The minimum absolute atomic E-state index is 0.0116. The molecule has 0 spiro atoms. The minimum Gasteiger partial charge on any atom is -0.300 e. The van der Waals surface area contributed by atoms with Crippen LogP contribution in [0.1, 0.15) is 19.3 Å². The predicted molar refractivity (Wildman–Crippen MR) is 28.4 cm³/mol. The molecule has 0 heterocycles. The molecule has 0 radical (unpaired) electrons. The normalized spacial score (nSPS) is 27.5. The van der Waals surface area contributed by atoms with Gasteiger partial charge in [0.15, 0.2) is 0 Å². The van der Waals surface area contributed by atoms with E-state index < -0.39 is 12.1 Å². The molecular weight excluding hydrogens is 145 g/mol. The molecule has 0 aliphatic heterocycles. The molecule has 0 aromatic carbocycles. The van der Waals surface area contributed by atoms with Crippen LogP contribution in [0.5, 0.6) is 0 Å². The van der Waals surface area contributed by atoms with Crippen molar-refractivity contribution in [3.63, 3.8) is 0 Å². The fourth-order valence-corrected chi connectivity index (χ4v) is 1.09. The van der Waals surface area contributed by atoms with E-state index in [4.69, 9.17) is 0 Å². The van der Waals surface area contributed by atoms with Gasteiger partial charge >= 0.3 is 6.18 Å². The van der Waals surface area contributed by atoms with E-state index in [-0.39, 0.29) is 25.0 Å². The quantitative estimate of drug-likeness (QED) is 0.518. The van der Waals surface area contributed by atoms with Gasteiger partial charge in [-0.15, -0.1) is 0 Å². The molecule has 1 aliphatic rings. The lowest BCUT2D eigenvalue weighted by Gasteiger charge is -2.11. The number of ketones is 1. The highest BCUT2D eigenvalue weighted by molar-refractivity contribution is 5.80. The summed E-state index contributed by atoms with van der Waals surface area (Å²) in [6, 6.07) is 0.